The molecule has 3 aromatic rings. The maximum Gasteiger partial charge on any atom is 0.259 e. The SMILES string of the molecule is CCOC1=C(O)C(C)N(C(=O)c2ccc(C)cc2)c2sc(-c3ccccc3)cc21. The van der Waals surface area contributed by atoms with Crippen LogP contribution < -0.4 is 4.90 Å². The third-order valence-corrected chi connectivity index (χ3v) is 6.24. The molecule has 0 spiro atoms. The summed E-state index contributed by atoms with van der Waals surface area (Å²) in [6.07, 6.45) is 0. The highest BCUT2D eigenvalue weighted by Crippen LogP contribution is 2.47. The second kappa shape index (κ2) is 7.76. The molecule has 0 aliphatic carbocycles. The van der Waals surface area contributed by atoms with E-state index in [4.69, 9.17) is 4.74 Å². The summed E-state index contributed by atoms with van der Waals surface area (Å²) in [4.78, 5) is 16.1. The molecule has 1 aliphatic rings. The Balaban J connectivity index is 1.85. The van der Waals surface area contributed by atoms with Gasteiger partial charge in [-0.05, 0) is 44.5 Å². The molecule has 4 nitrogen and oxygen atoms in total. The Bertz CT molecular complexity index is 1070. The highest BCUT2D eigenvalue weighted by molar-refractivity contribution is 7.20. The molecule has 2 aromatic carbocycles. The molecule has 0 fully saturated rings. The summed E-state index contributed by atoms with van der Waals surface area (Å²) in [5.41, 5.74) is 3.51. The van der Waals surface area contributed by atoms with Crippen molar-refractivity contribution in [3.8, 4) is 10.4 Å². The van der Waals surface area contributed by atoms with Gasteiger partial charge in [-0.3, -0.25) is 9.69 Å². The Morgan fingerprint density at radius 2 is 1.83 bits per heavy atom. The lowest BCUT2D eigenvalue weighted by Gasteiger charge is -2.33. The van der Waals surface area contributed by atoms with E-state index in [2.05, 4.69) is 0 Å². The third-order valence-electron chi connectivity index (χ3n) is 5.06. The van der Waals surface area contributed by atoms with Crippen molar-refractivity contribution in [2.45, 2.75) is 26.8 Å². The lowest BCUT2D eigenvalue weighted by molar-refractivity contribution is 0.0975. The lowest BCUT2D eigenvalue weighted by Crippen LogP contribution is -2.42. The zero-order valence-electron chi connectivity index (χ0n) is 16.7. The molecule has 148 valence electrons. The smallest absolute Gasteiger partial charge is 0.259 e. The molecule has 0 saturated heterocycles. The van der Waals surface area contributed by atoms with Gasteiger partial charge in [0.25, 0.3) is 5.91 Å². The van der Waals surface area contributed by atoms with Gasteiger partial charge in [0.2, 0.25) is 0 Å². The van der Waals surface area contributed by atoms with Crippen molar-refractivity contribution in [2.75, 3.05) is 11.5 Å². The van der Waals surface area contributed by atoms with E-state index in [0.29, 0.717) is 17.9 Å². The average molecular weight is 406 g/mol. The van der Waals surface area contributed by atoms with E-state index in [1.165, 1.54) is 11.3 Å². The number of rotatable bonds is 4. The van der Waals surface area contributed by atoms with Gasteiger partial charge in [-0.1, -0.05) is 48.0 Å². The Morgan fingerprint density at radius 3 is 2.48 bits per heavy atom. The number of hydrogen-bond acceptors (Lipinski definition) is 4. The summed E-state index contributed by atoms with van der Waals surface area (Å²) < 4.78 is 5.79. The predicted molar refractivity (Wildman–Crippen MR) is 118 cm³/mol. The van der Waals surface area contributed by atoms with Crippen LogP contribution in [0.3, 0.4) is 0 Å². The number of benzene rings is 2. The molecule has 2 heterocycles. The minimum Gasteiger partial charge on any atom is -0.506 e. The van der Waals surface area contributed by atoms with Gasteiger partial charge in [-0.25, -0.2) is 0 Å². The van der Waals surface area contributed by atoms with Gasteiger partial charge < -0.3 is 9.84 Å². The van der Waals surface area contributed by atoms with Gasteiger partial charge in [-0.15, -0.1) is 11.3 Å². The van der Waals surface area contributed by atoms with E-state index in [9.17, 15) is 9.90 Å². The van der Waals surface area contributed by atoms with Crippen LogP contribution in [0.15, 0.2) is 66.4 Å². The fourth-order valence-corrected chi connectivity index (χ4v) is 4.73. The van der Waals surface area contributed by atoms with Crippen molar-refractivity contribution in [3.05, 3.63) is 83.1 Å². The Kier molecular flexibility index (Phi) is 5.16. The summed E-state index contributed by atoms with van der Waals surface area (Å²) in [7, 11) is 0. The fraction of sp³-hybridized carbons (Fsp3) is 0.208. The van der Waals surface area contributed by atoms with Crippen molar-refractivity contribution in [1.82, 2.24) is 0 Å². The van der Waals surface area contributed by atoms with E-state index in [-0.39, 0.29) is 11.7 Å². The number of carbonyl (C=O) groups is 1. The molecule has 29 heavy (non-hydrogen) atoms. The second-order valence-electron chi connectivity index (χ2n) is 7.06. The molecule has 1 atom stereocenters. The first-order chi connectivity index (χ1) is 14.0. The monoisotopic (exact) mass is 405 g/mol. The zero-order chi connectivity index (χ0) is 20.5. The molecule has 5 heteroatoms. The second-order valence-corrected chi connectivity index (χ2v) is 8.09. The summed E-state index contributed by atoms with van der Waals surface area (Å²) >= 11 is 1.54. The number of nitrogens with zero attached hydrogens (tertiary/aromatic N) is 1. The average Bonchev–Trinajstić information content (AvgIpc) is 3.17. The molecule has 0 bridgehead atoms. The lowest BCUT2D eigenvalue weighted by atomic mass is 10.0. The van der Waals surface area contributed by atoms with E-state index in [1.807, 2.05) is 81.4 Å². The fourth-order valence-electron chi connectivity index (χ4n) is 3.49. The maximum absolute atomic E-state index is 13.4. The first kappa shape index (κ1) is 19.3. The topological polar surface area (TPSA) is 49.8 Å². The molecule has 0 radical (unpaired) electrons. The maximum atomic E-state index is 13.4. The number of ether oxygens (including phenoxy) is 1. The predicted octanol–water partition coefficient (Wildman–Crippen LogP) is 6.04. The normalized spacial score (nSPS) is 16.0. The van der Waals surface area contributed by atoms with Crippen molar-refractivity contribution >= 4 is 28.0 Å². The van der Waals surface area contributed by atoms with Crippen LogP contribution in [0.2, 0.25) is 0 Å². The van der Waals surface area contributed by atoms with Gasteiger partial charge >= 0.3 is 0 Å². The minimum absolute atomic E-state index is 0.0808. The highest BCUT2D eigenvalue weighted by Gasteiger charge is 2.37. The molecule has 1 unspecified atom stereocenters. The van der Waals surface area contributed by atoms with E-state index < -0.39 is 6.04 Å². The van der Waals surface area contributed by atoms with Gasteiger partial charge in [0, 0.05) is 10.4 Å². The van der Waals surface area contributed by atoms with Gasteiger partial charge in [0.1, 0.15) is 5.00 Å². The molecule has 1 N–H and O–H groups in total. The number of aliphatic hydroxyl groups excluding tert-OH is 1. The summed E-state index contributed by atoms with van der Waals surface area (Å²) in [5, 5.41) is 11.7. The Labute approximate surface area is 174 Å². The Morgan fingerprint density at radius 1 is 1.14 bits per heavy atom. The van der Waals surface area contributed by atoms with Gasteiger partial charge in [0.05, 0.1) is 18.2 Å². The van der Waals surface area contributed by atoms with Crippen molar-refractivity contribution in [1.29, 1.82) is 0 Å². The largest absolute Gasteiger partial charge is 0.506 e. The van der Waals surface area contributed by atoms with Crippen LogP contribution in [0.25, 0.3) is 16.2 Å². The van der Waals surface area contributed by atoms with Crippen LogP contribution >= 0.6 is 11.3 Å². The number of carbonyl (C=O) groups excluding carboxylic acids is 1. The van der Waals surface area contributed by atoms with E-state index in [1.54, 1.807) is 4.90 Å². The van der Waals surface area contributed by atoms with Crippen LogP contribution in [0.5, 0.6) is 0 Å². The zero-order valence-corrected chi connectivity index (χ0v) is 17.5. The molecule has 4 rings (SSSR count). The number of hydrogen-bond donors (Lipinski definition) is 1. The van der Waals surface area contributed by atoms with Crippen LogP contribution in [0.4, 0.5) is 5.00 Å². The van der Waals surface area contributed by atoms with Crippen LogP contribution in [0, 0.1) is 6.92 Å². The molecular formula is C24H23NO3S. The molecule has 1 aliphatic heterocycles. The van der Waals surface area contributed by atoms with Gasteiger partial charge in [-0.2, -0.15) is 0 Å². The first-order valence-corrected chi connectivity index (χ1v) is 10.5. The summed E-state index contributed by atoms with van der Waals surface area (Å²) in [6, 6.07) is 19.0. The number of anilines is 1. The summed E-state index contributed by atoms with van der Waals surface area (Å²) in [5.74, 6) is 0.404. The molecule has 1 amide bonds. The van der Waals surface area contributed by atoms with Crippen LogP contribution in [-0.2, 0) is 4.74 Å². The number of fused-ring (bicyclic) bond motifs is 1. The van der Waals surface area contributed by atoms with Crippen molar-refractivity contribution in [3.63, 3.8) is 0 Å². The van der Waals surface area contributed by atoms with Crippen LogP contribution in [0.1, 0.15) is 35.3 Å². The third kappa shape index (κ3) is 3.42. The quantitative estimate of drug-likeness (QED) is 0.576. The van der Waals surface area contributed by atoms with Gasteiger partial charge in [0.15, 0.2) is 11.5 Å². The minimum atomic E-state index is -0.514. The van der Waals surface area contributed by atoms with E-state index in [0.717, 1.165) is 26.6 Å². The summed E-state index contributed by atoms with van der Waals surface area (Å²) in [6.45, 7) is 6.14. The molecule has 0 saturated carbocycles. The number of amides is 1. The number of aryl methyl sites for hydroxylation is 1. The number of aliphatic hydroxyl groups is 1. The highest BCUT2D eigenvalue weighted by atomic mass is 32.1. The van der Waals surface area contributed by atoms with Crippen LogP contribution in [-0.4, -0.2) is 23.7 Å². The standard InChI is InChI=1S/C24H23NO3S/c1-4-28-22-19-14-20(17-8-6-5-7-9-17)29-24(19)25(16(3)21(22)26)23(27)18-12-10-15(2)11-13-18/h5-14,16,26H,4H2,1-3H3. The molecular weight excluding hydrogens is 382 g/mol. The van der Waals surface area contributed by atoms with E-state index >= 15 is 0 Å². The first-order valence-electron chi connectivity index (χ1n) is 9.67. The Hall–Kier alpha value is -3.05. The number of thiophene rings is 1. The van der Waals surface area contributed by atoms with Crippen molar-refractivity contribution in [2.24, 2.45) is 0 Å². The van der Waals surface area contributed by atoms with Crippen molar-refractivity contribution < 1.29 is 14.6 Å². The molecule has 1 aromatic heterocycles.